The van der Waals surface area contributed by atoms with Crippen molar-refractivity contribution in [3.05, 3.63) is 39.3 Å². The van der Waals surface area contributed by atoms with Gasteiger partial charge in [0.15, 0.2) is 5.57 Å². The summed E-state index contributed by atoms with van der Waals surface area (Å²) >= 11 is 3.09. The smallest absolute Gasteiger partial charge is 0.163 e. The van der Waals surface area contributed by atoms with E-state index in [-0.39, 0.29) is 16.9 Å². The first-order chi connectivity index (χ1) is 9.07. The summed E-state index contributed by atoms with van der Waals surface area (Å²) < 4.78 is 13.8. The predicted octanol–water partition coefficient (Wildman–Crippen LogP) is 2.70. The minimum absolute atomic E-state index is 0.135. The molecule has 0 heterocycles. The second kappa shape index (κ2) is 6.17. The Bertz CT molecular complexity index is 709. The number of nitrogens with zero attached hydrogens (tertiary/aromatic N) is 4. The molecule has 0 unspecified atom stereocenters. The van der Waals surface area contributed by atoms with Gasteiger partial charge in [0.25, 0.3) is 0 Å². The van der Waals surface area contributed by atoms with E-state index in [2.05, 4.69) is 21.2 Å². The van der Waals surface area contributed by atoms with E-state index < -0.39 is 11.4 Å². The Morgan fingerprint density at radius 1 is 1.11 bits per heavy atom. The summed E-state index contributed by atoms with van der Waals surface area (Å²) in [7, 11) is 0. The molecule has 19 heavy (non-hydrogen) atoms. The van der Waals surface area contributed by atoms with Gasteiger partial charge in [0.05, 0.1) is 11.3 Å². The lowest BCUT2D eigenvalue weighted by molar-refractivity contribution is 0.624. The quantitative estimate of drug-likeness (QED) is 0.844. The summed E-state index contributed by atoms with van der Waals surface area (Å²) in [4.78, 5) is 0. The molecule has 0 aromatic heterocycles. The highest BCUT2D eigenvalue weighted by atomic mass is 79.9. The Morgan fingerprint density at radius 3 is 2.21 bits per heavy atom. The topological polar surface area (TPSA) is 107 Å². The van der Waals surface area contributed by atoms with Gasteiger partial charge in [-0.1, -0.05) is 0 Å². The van der Waals surface area contributed by atoms with Gasteiger partial charge in [-0.3, -0.25) is 0 Å². The van der Waals surface area contributed by atoms with E-state index in [1.165, 1.54) is 6.07 Å². The van der Waals surface area contributed by atoms with E-state index in [0.29, 0.717) is 4.47 Å². The highest BCUT2D eigenvalue weighted by Gasteiger charge is 2.11. The SMILES string of the molecule is N#CC(C#N)=C(C#N)Nc1cc(F)c(C#N)cc1Br. The number of anilines is 1. The first kappa shape index (κ1) is 14.2. The number of rotatable bonds is 2. The first-order valence-electron chi connectivity index (χ1n) is 4.68. The summed E-state index contributed by atoms with van der Waals surface area (Å²) in [6.45, 7) is 0. The maximum atomic E-state index is 13.4. The molecule has 0 saturated heterocycles. The van der Waals surface area contributed by atoms with Gasteiger partial charge in [-0.15, -0.1) is 0 Å². The Morgan fingerprint density at radius 2 is 1.74 bits per heavy atom. The van der Waals surface area contributed by atoms with Gasteiger partial charge in [-0.25, -0.2) is 4.39 Å². The standard InChI is InChI=1S/C12H3BrFN5/c13-9-1-7(3-15)10(14)2-11(9)19-12(6-18)8(4-16)5-17/h1-2,19H. The van der Waals surface area contributed by atoms with E-state index in [0.717, 1.165) is 6.07 Å². The monoisotopic (exact) mass is 315 g/mol. The fraction of sp³-hybridized carbons (Fsp3) is 0. The third kappa shape index (κ3) is 3.07. The molecule has 0 radical (unpaired) electrons. The van der Waals surface area contributed by atoms with E-state index in [9.17, 15) is 4.39 Å². The average molecular weight is 316 g/mol. The Hall–Kier alpha value is -2.87. The highest BCUT2D eigenvalue weighted by Crippen LogP contribution is 2.27. The third-order valence-corrected chi connectivity index (χ3v) is 2.68. The van der Waals surface area contributed by atoms with Crippen LogP contribution in [0, 0.1) is 51.1 Å². The minimum Gasteiger partial charge on any atom is -0.344 e. The van der Waals surface area contributed by atoms with Gasteiger partial charge in [0, 0.05) is 4.47 Å². The Labute approximate surface area is 116 Å². The van der Waals surface area contributed by atoms with E-state index in [1.807, 2.05) is 0 Å². The third-order valence-electron chi connectivity index (χ3n) is 2.02. The van der Waals surface area contributed by atoms with E-state index >= 15 is 0 Å². The molecule has 1 aromatic rings. The van der Waals surface area contributed by atoms with Crippen LogP contribution in [0.5, 0.6) is 0 Å². The molecule has 90 valence electrons. The van der Waals surface area contributed by atoms with Gasteiger partial charge in [-0.2, -0.15) is 21.0 Å². The van der Waals surface area contributed by atoms with Crippen molar-refractivity contribution < 1.29 is 4.39 Å². The van der Waals surface area contributed by atoms with Crippen molar-refractivity contribution in [3.63, 3.8) is 0 Å². The van der Waals surface area contributed by atoms with E-state index in [4.69, 9.17) is 21.0 Å². The molecule has 0 bridgehead atoms. The van der Waals surface area contributed by atoms with Crippen LogP contribution in [0.15, 0.2) is 27.9 Å². The maximum absolute atomic E-state index is 13.4. The van der Waals surface area contributed by atoms with Crippen LogP contribution in [0.4, 0.5) is 10.1 Å². The van der Waals surface area contributed by atoms with Gasteiger partial charge < -0.3 is 5.32 Å². The number of hydrogen-bond donors (Lipinski definition) is 1. The molecular weight excluding hydrogens is 313 g/mol. The lowest BCUT2D eigenvalue weighted by Gasteiger charge is -2.08. The second-order valence-electron chi connectivity index (χ2n) is 3.13. The van der Waals surface area contributed by atoms with Gasteiger partial charge in [0.1, 0.15) is 35.8 Å². The molecule has 1 rings (SSSR count). The van der Waals surface area contributed by atoms with Crippen LogP contribution < -0.4 is 5.32 Å². The van der Waals surface area contributed by atoms with Crippen molar-refractivity contribution in [2.24, 2.45) is 0 Å². The molecule has 5 nitrogen and oxygen atoms in total. The fourth-order valence-corrected chi connectivity index (χ4v) is 1.59. The van der Waals surface area contributed by atoms with Crippen molar-refractivity contribution in [2.45, 2.75) is 0 Å². The average Bonchev–Trinajstić information content (AvgIpc) is 2.42. The summed E-state index contributed by atoms with van der Waals surface area (Å²) in [5.41, 5.74) is -0.745. The van der Waals surface area contributed by atoms with Crippen LogP contribution in [0.1, 0.15) is 5.56 Å². The summed E-state index contributed by atoms with van der Waals surface area (Å²) in [5, 5.41) is 37.3. The molecule has 7 heteroatoms. The summed E-state index contributed by atoms with van der Waals surface area (Å²) in [6.07, 6.45) is 0. The highest BCUT2D eigenvalue weighted by molar-refractivity contribution is 9.10. The largest absolute Gasteiger partial charge is 0.344 e. The molecule has 0 saturated carbocycles. The number of halogens is 2. The lowest BCUT2D eigenvalue weighted by atomic mass is 10.2. The molecule has 0 aliphatic heterocycles. The predicted molar refractivity (Wildman–Crippen MR) is 66.3 cm³/mol. The number of nitrogens with one attached hydrogen (secondary N) is 1. The molecule has 0 aliphatic rings. The maximum Gasteiger partial charge on any atom is 0.163 e. The van der Waals surface area contributed by atoms with Crippen LogP contribution in [0.3, 0.4) is 0 Å². The Balaban J connectivity index is 3.30. The molecule has 0 amide bonds. The van der Waals surface area contributed by atoms with Gasteiger partial charge >= 0.3 is 0 Å². The Kier molecular flexibility index (Phi) is 4.61. The van der Waals surface area contributed by atoms with Crippen molar-refractivity contribution >= 4 is 21.6 Å². The molecule has 0 aliphatic carbocycles. The van der Waals surface area contributed by atoms with Crippen molar-refractivity contribution in [3.8, 4) is 24.3 Å². The zero-order valence-electron chi connectivity index (χ0n) is 9.20. The molecule has 1 N–H and O–H groups in total. The van der Waals surface area contributed by atoms with Crippen LogP contribution >= 0.6 is 15.9 Å². The number of nitriles is 4. The normalized spacial score (nSPS) is 8.32. The van der Waals surface area contributed by atoms with Crippen molar-refractivity contribution in [1.82, 2.24) is 0 Å². The number of benzene rings is 1. The van der Waals surface area contributed by atoms with Crippen LogP contribution in [0.25, 0.3) is 0 Å². The molecule has 1 aromatic carbocycles. The van der Waals surface area contributed by atoms with Crippen LogP contribution in [-0.2, 0) is 0 Å². The fourth-order valence-electron chi connectivity index (χ4n) is 1.15. The minimum atomic E-state index is -0.777. The molecule has 0 fully saturated rings. The van der Waals surface area contributed by atoms with Crippen molar-refractivity contribution in [1.29, 1.82) is 21.0 Å². The lowest BCUT2D eigenvalue weighted by Crippen LogP contribution is -2.02. The zero-order valence-corrected chi connectivity index (χ0v) is 10.8. The summed E-state index contributed by atoms with van der Waals surface area (Å²) in [5.74, 6) is -0.777. The van der Waals surface area contributed by atoms with Crippen molar-refractivity contribution in [2.75, 3.05) is 5.32 Å². The van der Waals surface area contributed by atoms with E-state index in [1.54, 1.807) is 24.3 Å². The van der Waals surface area contributed by atoms with Crippen LogP contribution in [0.2, 0.25) is 0 Å². The van der Waals surface area contributed by atoms with Gasteiger partial charge in [0.2, 0.25) is 0 Å². The molecule has 0 atom stereocenters. The number of allylic oxidation sites excluding steroid dienone is 2. The molecule has 0 spiro atoms. The first-order valence-corrected chi connectivity index (χ1v) is 5.47. The second-order valence-corrected chi connectivity index (χ2v) is 3.99. The van der Waals surface area contributed by atoms with Gasteiger partial charge in [-0.05, 0) is 28.1 Å². The summed E-state index contributed by atoms with van der Waals surface area (Å²) in [6, 6.07) is 8.63. The number of hydrogen-bond acceptors (Lipinski definition) is 5. The van der Waals surface area contributed by atoms with Crippen LogP contribution in [-0.4, -0.2) is 0 Å². The zero-order chi connectivity index (χ0) is 14.4. The molecular formula is C12H3BrFN5.